The summed E-state index contributed by atoms with van der Waals surface area (Å²) >= 11 is 0. The highest BCUT2D eigenvalue weighted by molar-refractivity contribution is 5.21. The summed E-state index contributed by atoms with van der Waals surface area (Å²) in [4.78, 5) is 7.83. The van der Waals surface area contributed by atoms with Crippen LogP contribution in [0.1, 0.15) is 55.7 Å². The number of likely N-dealkylation sites (tertiary alicyclic amines) is 1. The third kappa shape index (κ3) is 5.60. The number of nitrogens with zero attached hydrogens (tertiary/aromatic N) is 4. The van der Waals surface area contributed by atoms with E-state index < -0.39 is 0 Å². The fraction of sp³-hybridized carbons (Fsp3) is 0.870. The summed E-state index contributed by atoms with van der Waals surface area (Å²) in [5.74, 6) is 2.05. The van der Waals surface area contributed by atoms with Crippen molar-refractivity contribution in [3.05, 3.63) is 17.5 Å². The van der Waals surface area contributed by atoms with Gasteiger partial charge in [-0.25, -0.2) is 0 Å². The predicted molar refractivity (Wildman–Crippen MR) is 117 cm³/mol. The summed E-state index contributed by atoms with van der Waals surface area (Å²) in [6, 6.07) is 0. The van der Waals surface area contributed by atoms with E-state index in [1.165, 1.54) is 89.1 Å². The molecule has 164 valence electrons. The topological polar surface area (TPSA) is 47.6 Å². The monoisotopic (exact) mass is 403 g/mol. The summed E-state index contributed by atoms with van der Waals surface area (Å²) in [7, 11) is 4.11. The molecule has 29 heavy (non-hydrogen) atoms. The second-order valence-electron chi connectivity index (χ2n) is 9.77. The van der Waals surface area contributed by atoms with Crippen LogP contribution in [-0.2, 0) is 11.3 Å². The molecule has 0 radical (unpaired) electrons. The van der Waals surface area contributed by atoms with E-state index in [0.717, 1.165) is 19.7 Å². The number of ether oxygens (including phenoxy) is 1. The van der Waals surface area contributed by atoms with Crippen LogP contribution < -0.4 is 0 Å². The summed E-state index contributed by atoms with van der Waals surface area (Å²) in [5.41, 5.74) is 2.86. The van der Waals surface area contributed by atoms with Crippen molar-refractivity contribution in [3.8, 4) is 0 Å². The average molecular weight is 404 g/mol. The highest BCUT2D eigenvalue weighted by atomic mass is 16.5. The Kier molecular flexibility index (Phi) is 7.62. The van der Waals surface area contributed by atoms with Crippen LogP contribution in [0.3, 0.4) is 0 Å². The van der Waals surface area contributed by atoms with Gasteiger partial charge in [0, 0.05) is 69.5 Å². The Labute approximate surface area is 177 Å². The zero-order valence-corrected chi connectivity index (χ0v) is 18.6. The molecule has 4 rings (SSSR count). The maximum absolute atomic E-state index is 5.62. The molecule has 1 aromatic rings. The molecule has 0 spiro atoms. The molecular weight excluding hydrogens is 362 g/mol. The fourth-order valence-corrected chi connectivity index (χ4v) is 5.82. The molecule has 0 amide bonds. The summed E-state index contributed by atoms with van der Waals surface area (Å²) in [6.07, 6.45) is 10.2. The maximum Gasteiger partial charge on any atom is 0.0535 e. The second kappa shape index (κ2) is 10.4. The molecule has 2 atom stereocenters. The van der Waals surface area contributed by atoms with Crippen LogP contribution in [0.25, 0.3) is 0 Å². The number of hydrogen-bond donors (Lipinski definition) is 1. The van der Waals surface area contributed by atoms with Crippen LogP contribution >= 0.6 is 0 Å². The van der Waals surface area contributed by atoms with Gasteiger partial charge >= 0.3 is 0 Å². The molecule has 1 saturated carbocycles. The van der Waals surface area contributed by atoms with Gasteiger partial charge in [-0.05, 0) is 45.3 Å². The molecule has 1 aliphatic carbocycles. The molecule has 3 heterocycles. The van der Waals surface area contributed by atoms with E-state index in [9.17, 15) is 0 Å². The van der Waals surface area contributed by atoms with E-state index in [4.69, 9.17) is 4.74 Å². The van der Waals surface area contributed by atoms with Crippen molar-refractivity contribution in [2.24, 2.45) is 11.8 Å². The highest BCUT2D eigenvalue weighted by Crippen LogP contribution is 2.34. The minimum Gasteiger partial charge on any atom is -0.384 e. The predicted octanol–water partition coefficient (Wildman–Crippen LogP) is 2.79. The number of aromatic amines is 1. The molecule has 2 aliphatic heterocycles. The molecule has 1 aromatic heterocycles. The lowest BCUT2D eigenvalue weighted by atomic mass is 9.85. The summed E-state index contributed by atoms with van der Waals surface area (Å²) < 4.78 is 5.62. The highest BCUT2D eigenvalue weighted by Gasteiger charge is 2.34. The normalized spacial score (nSPS) is 28.8. The third-order valence-corrected chi connectivity index (χ3v) is 7.50. The minimum atomic E-state index is 0.644. The Morgan fingerprint density at radius 1 is 1.00 bits per heavy atom. The zero-order chi connectivity index (χ0) is 20.1. The van der Waals surface area contributed by atoms with E-state index in [1.807, 2.05) is 7.11 Å². The molecule has 3 fully saturated rings. The molecule has 6 heteroatoms. The SMILES string of the molecule is COCC1CN(Cc2cn[nH]c2C2CCCCC2)CC1CN1CCCN(C)CC1. The van der Waals surface area contributed by atoms with Crippen LogP contribution in [-0.4, -0.2) is 91.5 Å². The van der Waals surface area contributed by atoms with Gasteiger partial charge in [0.15, 0.2) is 0 Å². The molecular formula is C23H41N5O. The average Bonchev–Trinajstić information content (AvgIpc) is 3.28. The van der Waals surface area contributed by atoms with Crippen molar-refractivity contribution >= 4 is 0 Å². The number of hydrogen-bond acceptors (Lipinski definition) is 5. The molecule has 2 saturated heterocycles. The molecule has 0 bridgehead atoms. The lowest BCUT2D eigenvalue weighted by Gasteiger charge is -2.26. The smallest absolute Gasteiger partial charge is 0.0535 e. The molecule has 6 nitrogen and oxygen atoms in total. The van der Waals surface area contributed by atoms with Crippen molar-refractivity contribution in [2.45, 2.75) is 51.0 Å². The van der Waals surface area contributed by atoms with Crippen molar-refractivity contribution in [1.82, 2.24) is 24.9 Å². The Morgan fingerprint density at radius 3 is 2.66 bits per heavy atom. The first-order valence-electron chi connectivity index (χ1n) is 11.9. The Balaban J connectivity index is 1.36. The zero-order valence-electron chi connectivity index (χ0n) is 18.6. The van der Waals surface area contributed by atoms with Crippen LogP contribution in [0.15, 0.2) is 6.20 Å². The molecule has 2 unspecified atom stereocenters. The largest absolute Gasteiger partial charge is 0.384 e. The number of H-pyrrole nitrogens is 1. The minimum absolute atomic E-state index is 0.644. The van der Waals surface area contributed by atoms with Crippen molar-refractivity contribution in [1.29, 1.82) is 0 Å². The quantitative estimate of drug-likeness (QED) is 0.759. The lowest BCUT2D eigenvalue weighted by Crippen LogP contribution is -2.36. The van der Waals surface area contributed by atoms with Crippen molar-refractivity contribution in [3.63, 3.8) is 0 Å². The first-order chi connectivity index (χ1) is 14.2. The van der Waals surface area contributed by atoms with Gasteiger partial charge in [-0.3, -0.25) is 10.00 Å². The first-order valence-corrected chi connectivity index (χ1v) is 11.9. The van der Waals surface area contributed by atoms with E-state index in [2.05, 4.69) is 38.1 Å². The van der Waals surface area contributed by atoms with Gasteiger partial charge in [0.05, 0.1) is 12.8 Å². The van der Waals surface area contributed by atoms with E-state index in [1.54, 1.807) is 0 Å². The number of nitrogens with one attached hydrogen (secondary N) is 1. The molecule has 3 aliphatic rings. The van der Waals surface area contributed by atoms with Gasteiger partial charge < -0.3 is 14.5 Å². The van der Waals surface area contributed by atoms with Gasteiger partial charge in [-0.1, -0.05) is 19.3 Å². The Morgan fingerprint density at radius 2 is 1.83 bits per heavy atom. The van der Waals surface area contributed by atoms with Crippen molar-refractivity contribution < 1.29 is 4.74 Å². The Bertz CT molecular complexity index is 614. The van der Waals surface area contributed by atoms with Crippen molar-refractivity contribution in [2.75, 3.05) is 66.6 Å². The molecule has 0 aromatic carbocycles. The summed E-state index contributed by atoms with van der Waals surface area (Å²) in [6.45, 7) is 10.4. The van der Waals surface area contributed by atoms with Crippen LogP contribution in [0, 0.1) is 11.8 Å². The van der Waals surface area contributed by atoms with Crippen LogP contribution in [0.5, 0.6) is 0 Å². The van der Waals surface area contributed by atoms with Gasteiger partial charge in [0.2, 0.25) is 0 Å². The maximum atomic E-state index is 5.62. The van der Waals surface area contributed by atoms with Crippen LogP contribution in [0.4, 0.5) is 0 Å². The summed E-state index contributed by atoms with van der Waals surface area (Å²) in [5, 5.41) is 7.80. The fourth-order valence-electron chi connectivity index (χ4n) is 5.82. The Hall–Kier alpha value is -0.950. The number of rotatable bonds is 7. The number of likely N-dealkylation sites (N-methyl/N-ethyl adjacent to an activating group) is 1. The van der Waals surface area contributed by atoms with E-state index >= 15 is 0 Å². The standard InChI is InChI=1S/C23H41N5O/c1-26-9-6-10-27(12-11-26)15-21-16-28(17-22(21)18-29-2)14-20-13-24-25-23(20)19-7-4-3-5-8-19/h13,19,21-22H,3-12,14-18H2,1-2H3,(H,24,25). The second-order valence-corrected chi connectivity index (χ2v) is 9.77. The van der Waals surface area contributed by atoms with Gasteiger partial charge in [0.1, 0.15) is 0 Å². The van der Waals surface area contributed by atoms with Gasteiger partial charge in [-0.2, -0.15) is 5.10 Å². The molecule has 1 N–H and O–H groups in total. The number of methoxy groups -OCH3 is 1. The third-order valence-electron chi connectivity index (χ3n) is 7.50. The van der Waals surface area contributed by atoms with Crippen LogP contribution in [0.2, 0.25) is 0 Å². The van der Waals surface area contributed by atoms with E-state index in [-0.39, 0.29) is 0 Å². The number of aromatic nitrogens is 2. The lowest BCUT2D eigenvalue weighted by molar-refractivity contribution is 0.122. The van der Waals surface area contributed by atoms with Gasteiger partial charge in [-0.15, -0.1) is 0 Å². The van der Waals surface area contributed by atoms with Gasteiger partial charge in [0.25, 0.3) is 0 Å². The first kappa shape index (κ1) is 21.3. The van der Waals surface area contributed by atoms with E-state index in [0.29, 0.717) is 17.8 Å².